The van der Waals surface area contributed by atoms with Crippen LogP contribution in [0.5, 0.6) is 0 Å². The predicted molar refractivity (Wildman–Crippen MR) is 67.2 cm³/mol. The minimum absolute atomic E-state index is 0.0214. The molecule has 1 heterocycles. The summed E-state index contributed by atoms with van der Waals surface area (Å²) in [5.74, 6) is -3.14. The molecule has 1 fully saturated rings. The molecule has 1 N–H and O–H groups in total. The van der Waals surface area contributed by atoms with Crippen molar-refractivity contribution in [1.82, 2.24) is 4.90 Å². The number of amides is 1. The second-order valence-corrected chi connectivity index (χ2v) is 5.04. The van der Waals surface area contributed by atoms with Gasteiger partial charge in [0.2, 0.25) is 0 Å². The molecule has 0 spiro atoms. The molecule has 0 bridgehead atoms. The van der Waals surface area contributed by atoms with Crippen LogP contribution in [-0.2, 0) is 4.79 Å². The maximum absolute atomic E-state index is 13.6. The topological polar surface area (TPSA) is 57.6 Å². The minimum atomic E-state index is -0.987. The Bertz CT molecular complexity index is 561. The Balaban J connectivity index is 2.24. The fourth-order valence-electron chi connectivity index (χ4n) is 2.49. The molecule has 0 aromatic heterocycles. The number of carbonyl (C=O) groups is 2. The van der Waals surface area contributed by atoms with E-state index in [0.717, 1.165) is 18.2 Å². The molecular weight excluding hydrogens is 268 g/mol. The number of halogens is 2. The summed E-state index contributed by atoms with van der Waals surface area (Å²) in [4.78, 5) is 24.8. The molecule has 1 amide bonds. The van der Waals surface area contributed by atoms with Gasteiger partial charge in [-0.25, -0.2) is 8.78 Å². The van der Waals surface area contributed by atoms with E-state index in [0.29, 0.717) is 12.8 Å². The van der Waals surface area contributed by atoms with E-state index < -0.39 is 28.9 Å². The molecule has 0 saturated carbocycles. The number of rotatable bonds is 3. The zero-order valence-electron chi connectivity index (χ0n) is 11.0. The minimum Gasteiger partial charge on any atom is -0.481 e. The standard InChI is InChI=1S/C14H15F2NO3/c1-2-14(13(19)20)5-6-17(8-14)12(18)10-7-9(15)3-4-11(10)16/h3-4,7H,2,5-6,8H2,1H3,(H,19,20). The van der Waals surface area contributed by atoms with Gasteiger partial charge in [0.1, 0.15) is 11.6 Å². The number of likely N-dealkylation sites (tertiary alicyclic amines) is 1. The first-order valence-electron chi connectivity index (χ1n) is 6.37. The highest BCUT2D eigenvalue weighted by molar-refractivity contribution is 5.95. The Labute approximate surface area is 115 Å². The fraction of sp³-hybridized carbons (Fsp3) is 0.429. The van der Waals surface area contributed by atoms with E-state index in [9.17, 15) is 23.5 Å². The van der Waals surface area contributed by atoms with Crippen molar-refractivity contribution in [3.05, 3.63) is 35.4 Å². The summed E-state index contributed by atoms with van der Waals surface area (Å²) in [6, 6.07) is 2.66. The third-order valence-corrected chi connectivity index (χ3v) is 3.93. The lowest BCUT2D eigenvalue weighted by Crippen LogP contribution is -2.36. The largest absolute Gasteiger partial charge is 0.481 e. The summed E-state index contributed by atoms with van der Waals surface area (Å²) in [6.07, 6.45) is 0.708. The van der Waals surface area contributed by atoms with E-state index in [1.807, 2.05) is 0 Å². The lowest BCUT2D eigenvalue weighted by Gasteiger charge is -2.23. The molecule has 1 aromatic rings. The first-order valence-corrected chi connectivity index (χ1v) is 6.37. The highest BCUT2D eigenvalue weighted by Crippen LogP contribution is 2.35. The molecule has 6 heteroatoms. The smallest absolute Gasteiger partial charge is 0.311 e. The van der Waals surface area contributed by atoms with Gasteiger partial charge in [-0.15, -0.1) is 0 Å². The number of carbonyl (C=O) groups excluding carboxylic acids is 1. The van der Waals surface area contributed by atoms with E-state index in [1.54, 1.807) is 6.92 Å². The Morgan fingerprint density at radius 3 is 2.65 bits per heavy atom. The lowest BCUT2D eigenvalue weighted by atomic mass is 9.84. The zero-order chi connectivity index (χ0) is 14.9. The van der Waals surface area contributed by atoms with Gasteiger partial charge >= 0.3 is 5.97 Å². The van der Waals surface area contributed by atoms with Gasteiger partial charge in [0.25, 0.3) is 5.91 Å². The van der Waals surface area contributed by atoms with Crippen LogP contribution < -0.4 is 0 Å². The first-order chi connectivity index (χ1) is 9.39. The second-order valence-electron chi connectivity index (χ2n) is 5.04. The number of carboxylic acid groups (broad SMARTS) is 1. The molecule has 0 aliphatic carbocycles. The monoisotopic (exact) mass is 283 g/mol. The second kappa shape index (κ2) is 5.19. The van der Waals surface area contributed by atoms with E-state index in [1.165, 1.54) is 4.90 Å². The van der Waals surface area contributed by atoms with Crippen LogP contribution in [0.15, 0.2) is 18.2 Å². The van der Waals surface area contributed by atoms with Crippen LogP contribution in [0.2, 0.25) is 0 Å². The third kappa shape index (κ3) is 2.37. The van der Waals surface area contributed by atoms with Crippen molar-refractivity contribution >= 4 is 11.9 Å². The summed E-state index contributed by atoms with van der Waals surface area (Å²) in [5, 5.41) is 9.26. The van der Waals surface area contributed by atoms with Crippen molar-refractivity contribution in [1.29, 1.82) is 0 Å². The molecule has 1 aliphatic rings. The molecule has 1 aliphatic heterocycles. The van der Waals surface area contributed by atoms with Crippen LogP contribution in [-0.4, -0.2) is 35.0 Å². The van der Waals surface area contributed by atoms with E-state index in [2.05, 4.69) is 0 Å². The maximum Gasteiger partial charge on any atom is 0.311 e. The van der Waals surface area contributed by atoms with Gasteiger partial charge in [-0.2, -0.15) is 0 Å². The fourth-order valence-corrected chi connectivity index (χ4v) is 2.49. The van der Waals surface area contributed by atoms with Gasteiger partial charge in [-0.3, -0.25) is 9.59 Å². The van der Waals surface area contributed by atoms with E-state index >= 15 is 0 Å². The third-order valence-electron chi connectivity index (χ3n) is 3.93. The van der Waals surface area contributed by atoms with Crippen LogP contribution in [0, 0.1) is 17.0 Å². The predicted octanol–water partition coefficient (Wildman–Crippen LogP) is 2.29. The van der Waals surface area contributed by atoms with Crippen molar-refractivity contribution in [3.63, 3.8) is 0 Å². The van der Waals surface area contributed by atoms with E-state index in [4.69, 9.17) is 0 Å². The van der Waals surface area contributed by atoms with Gasteiger partial charge < -0.3 is 10.0 Å². The van der Waals surface area contributed by atoms with Crippen LogP contribution >= 0.6 is 0 Å². The van der Waals surface area contributed by atoms with Gasteiger partial charge in [0.05, 0.1) is 11.0 Å². The zero-order valence-corrected chi connectivity index (χ0v) is 11.0. The number of hydrogen-bond donors (Lipinski definition) is 1. The van der Waals surface area contributed by atoms with Crippen molar-refractivity contribution in [3.8, 4) is 0 Å². The first kappa shape index (κ1) is 14.4. The Morgan fingerprint density at radius 2 is 2.10 bits per heavy atom. The molecular formula is C14H15F2NO3. The molecule has 1 unspecified atom stereocenters. The molecule has 0 radical (unpaired) electrons. The molecule has 1 aromatic carbocycles. The van der Waals surface area contributed by atoms with Gasteiger partial charge in [-0.05, 0) is 31.0 Å². The molecule has 4 nitrogen and oxygen atoms in total. The molecule has 1 atom stereocenters. The summed E-state index contributed by atoms with van der Waals surface area (Å²) in [5.41, 5.74) is -1.35. The Hall–Kier alpha value is -1.98. The summed E-state index contributed by atoms with van der Waals surface area (Å²) in [6.45, 7) is 1.99. The summed E-state index contributed by atoms with van der Waals surface area (Å²) in [7, 11) is 0. The van der Waals surface area contributed by atoms with Crippen molar-refractivity contribution in [2.75, 3.05) is 13.1 Å². The molecule has 2 rings (SSSR count). The van der Waals surface area contributed by atoms with Crippen LogP contribution in [0.25, 0.3) is 0 Å². The molecule has 1 saturated heterocycles. The summed E-state index contributed by atoms with van der Waals surface area (Å²) < 4.78 is 26.7. The van der Waals surface area contributed by atoms with Gasteiger partial charge in [0, 0.05) is 13.1 Å². The number of hydrogen-bond acceptors (Lipinski definition) is 2. The average molecular weight is 283 g/mol. The van der Waals surface area contributed by atoms with Crippen molar-refractivity contribution < 1.29 is 23.5 Å². The highest BCUT2D eigenvalue weighted by atomic mass is 19.1. The average Bonchev–Trinajstić information content (AvgIpc) is 2.86. The van der Waals surface area contributed by atoms with Crippen LogP contribution in [0.3, 0.4) is 0 Å². The normalized spacial score (nSPS) is 22.1. The van der Waals surface area contributed by atoms with E-state index in [-0.39, 0.29) is 18.7 Å². The molecule has 108 valence electrons. The number of nitrogens with zero attached hydrogens (tertiary/aromatic N) is 1. The SMILES string of the molecule is CCC1(C(=O)O)CCN(C(=O)c2cc(F)ccc2F)C1. The quantitative estimate of drug-likeness (QED) is 0.926. The van der Waals surface area contributed by atoms with Gasteiger partial charge in [-0.1, -0.05) is 6.92 Å². The van der Waals surface area contributed by atoms with Crippen molar-refractivity contribution in [2.45, 2.75) is 19.8 Å². The van der Waals surface area contributed by atoms with Crippen molar-refractivity contribution in [2.24, 2.45) is 5.41 Å². The van der Waals surface area contributed by atoms with Crippen LogP contribution in [0.1, 0.15) is 30.1 Å². The van der Waals surface area contributed by atoms with Crippen LogP contribution in [0.4, 0.5) is 8.78 Å². The Morgan fingerprint density at radius 1 is 1.40 bits per heavy atom. The maximum atomic E-state index is 13.6. The summed E-state index contributed by atoms with van der Waals surface area (Å²) >= 11 is 0. The number of benzene rings is 1. The number of aliphatic carboxylic acids is 1. The van der Waals surface area contributed by atoms with Gasteiger partial charge in [0.15, 0.2) is 0 Å². The highest BCUT2D eigenvalue weighted by Gasteiger charge is 2.45. The lowest BCUT2D eigenvalue weighted by molar-refractivity contribution is -0.148. The molecule has 20 heavy (non-hydrogen) atoms. The Kier molecular flexibility index (Phi) is 3.74. The number of carboxylic acids is 1.